The molecule has 1 N–H and O–H groups in total. The number of aromatic nitrogens is 2. The number of aliphatic hydroxyl groups excluding tert-OH is 1. The number of piperidine rings is 1. The number of anilines is 2. The van der Waals surface area contributed by atoms with Gasteiger partial charge in [0.05, 0.1) is 0 Å². The molecule has 0 aliphatic carbocycles. The van der Waals surface area contributed by atoms with Gasteiger partial charge in [0.25, 0.3) is 0 Å². The van der Waals surface area contributed by atoms with Gasteiger partial charge in [-0.1, -0.05) is 0 Å². The zero-order chi connectivity index (χ0) is 13.1. The van der Waals surface area contributed by atoms with Crippen LogP contribution in [0.15, 0.2) is 12.4 Å². The van der Waals surface area contributed by atoms with E-state index in [2.05, 4.69) is 25.8 Å². The summed E-state index contributed by atoms with van der Waals surface area (Å²) in [6.07, 6.45) is 6.45. The highest BCUT2D eigenvalue weighted by molar-refractivity contribution is 5.50. The van der Waals surface area contributed by atoms with E-state index in [1.165, 1.54) is 12.8 Å². The molecule has 3 rings (SSSR count). The summed E-state index contributed by atoms with van der Waals surface area (Å²) in [4.78, 5) is 13.4. The van der Waals surface area contributed by atoms with E-state index < -0.39 is 0 Å². The Balaban J connectivity index is 1.74. The lowest BCUT2D eigenvalue weighted by Crippen LogP contribution is -2.37. The molecule has 1 atom stereocenters. The van der Waals surface area contributed by atoms with Crippen LogP contribution < -0.4 is 9.80 Å². The molecule has 5 heteroatoms. The summed E-state index contributed by atoms with van der Waals surface area (Å²) in [6.45, 7) is 4.44. The van der Waals surface area contributed by atoms with Gasteiger partial charge in [0.1, 0.15) is 18.0 Å². The fourth-order valence-corrected chi connectivity index (χ4v) is 3.05. The van der Waals surface area contributed by atoms with E-state index in [9.17, 15) is 5.11 Å². The van der Waals surface area contributed by atoms with Gasteiger partial charge in [0.15, 0.2) is 0 Å². The minimum Gasteiger partial charge on any atom is -0.396 e. The third kappa shape index (κ3) is 2.81. The summed E-state index contributed by atoms with van der Waals surface area (Å²) < 4.78 is 0. The number of hydrogen-bond acceptors (Lipinski definition) is 5. The van der Waals surface area contributed by atoms with E-state index in [-0.39, 0.29) is 6.61 Å². The van der Waals surface area contributed by atoms with E-state index in [0.29, 0.717) is 5.92 Å². The Kier molecular flexibility index (Phi) is 3.82. The first-order chi connectivity index (χ1) is 9.36. The van der Waals surface area contributed by atoms with Gasteiger partial charge >= 0.3 is 0 Å². The van der Waals surface area contributed by atoms with Crippen LogP contribution in [0.1, 0.15) is 25.7 Å². The predicted molar refractivity (Wildman–Crippen MR) is 75.5 cm³/mol. The maximum Gasteiger partial charge on any atom is 0.134 e. The second-order valence-corrected chi connectivity index (χ2v) is 5.57. The SMILES string of the molecule is OCC1CCCN(c2cc(N3CCCC3)ncn2)C1. The largest absolute Gasteiger partial charge is 0.396 e. The van der Waals surface area contributed by atoms with Crippen molar-refractivity contribution in [3.8, 4) is 0 Å². The number of nitrogens with zero attached hydrogens (tertiary/aromatic N) is 4. The van der Waals surface area contributed by atoms with Crippen LogP contribution >= 0.6 is 0 Å². The van der Waals surface area contributed by atoms with E-state index in [1.54, 1.807) is 6.33 Å². The Morgan fingerprint density at radius 2 is 1.74 bits per heavy atom. The molecule has 2 aliphatic rings. The lowest BCUT2D eigenvalue weighted by Gasteiger charge is -2.33. The minimum absolute atomic E-state index is 0.278. The molecule has 0 saturated carbocycles. The first-order valence-corrected chi connectivity index (χ1v) is 7.29. The highest BCUT2D eigenvalue weighted by Gasteiger charge is 2.21. The maximum atomic E-state index is 9.32. The molecule has 104 valence electrons. The van der Waals surface area contributed by atoms with E-state index in [1.807, 2.05) is 0 Å². The molecule has 0 aromatic carbocycles. The monoisotopic (exact) mass is 262 g/mol. The quantitative estimate of drug-likeness (QED) is 0.889. The number of rotatable bonds is 3. The standard InChI is InChI=1S/C14H22N4O/c19-10-12-4-3-7-18(9-12)14-8-13(15-11-16-14)17-5-1-2-6-17/h8,11-12,19H,1-7,9-10H2. The van der Waals surface area contributed by atoms with Crippen LogP contribution in [-0.4, -0.2) is 47.9 Å². The van der Waals surface area contributed by atoms with E-state index >= 15 is 0 Å². The van der Waals surface area contributed by atoms with Gasteiger partial charge in [-0.15, -0.1) is 0 Å². The highest BCUT2D eigenvalue weighted by atomic mass is 16.3. The third-order valence-electron chi connectivity index (χ3n) is 4.17. The second-order valence-electron chi connectivity index (χ2n) is 5.57. The van der Waals surface area contributed by atoms with Gasteiger partial charge in [-0.05, 0) is 31.6 Å². The van der Waals surface area contributed by atoms with Gasteiger partial charge in [0.2, 0.25) is 0 Å². The zero-order valence-corrected chi connectivity index (χ0v) is 11.3. The molecule has 0 amide bonds. The van der Waals surface area contributed by atoms with Crippen molar-refractivity contribution in [2.45, 2.75) is 25.7 Å². The summed E-state index contributed by atoms with van der Waals surface area (Å²) in [7, 11) is 0. The molecule has 0 radical (unpaired) electrons. The summed E-state index contributed by atoms with van der Waals surface area (Å²) in [5.74, 6) is 2.45. The van der Waals surface area contributed by atoms with Crippen LogP contribution in [0.4, 0.5) is 11.6 Å². The van der Waals surface area contributed by atoms with Crippen LogP contribution in [0.25, 0.3) is 0 Å². The number of aliphatic hydroxyl groups is 1. The van der Waals surface area contributed by atoms with Crippen molar-refractivity contribution in [1.29, 1.82) is 0 Å². The van der Waals surface area contributed by atoms with Crippen molar-refractivity contribution in [2.75, 3.05) is 42.6 Å². The topological polar surface area (TPSA) is 52.5 Å². The molecule has 0 spiro atoms. The Morgan fingerprint density at radius 1 is 1.05 bits per heavy atom. The van der Waals surface area contributed by atoms with Gasteiger partial charge in [-0.25, -0.2) is 9.97 Å². The van der Waals surface area contributed by atoms with Crippen molar-refractivity contribution in [3.05, 3.63) is 12.4 Å². The fraction of sp³-hybridized carbons (Fsp3) is 0.714. The molecule has 3 heterocycles. The molecule has 5 nitrogen and oxygen atoms in total. The van der Waals surface area contributed by atoms with E-state index in [4.69, 9.17) is 0 Å². The molecule has 1 aromatic heterocycles. The van der Waals surface area contributed by atoms with Crippen molar-refractivity contribution in [1.82, 2.24) is 9.97 Å². The second kappa shape index (κ2) is 5.74. The van der Waals surface area contributed by atoms with Crippen LogP contribution in [0.5, 0.6) is 0 Å². The fourth-order valence-electron chi connectivity index (χ4n) is 3.05. The lowest BCUT2D eigenvalue weighted by molar-refractivity contribution is 0.208. The minimum atomic E-state index is 0.278. The molecule has 2 aliphatic heterocycles. The average molecular weight is 262 g/mol. The van der Waals surface area contributed by atoms with Gasteiger partial charge in [-0.2, -0.15) is 0 Å². The summed E-state index contributed by atoms with van der Waals surface area (Å²) in [5.41, 5.74) is 0. The van der Waals surface area contributed by atoms with Gasteiger partial charge in [0, 0.05) is 38.9 Å². The van der Waals surface area contributed by atoms with Crippen LogP contribution in [-0.2, 0) is 0 Å². The summed E-state index contributed by atoms with van der Waals surface area (Å²) >= 11 is 0. The van der Waals surface area contributed by atoms with Crippen molar-refractivity contribution in [3.63, 3.8) is 0 Å². The predicted octanol–water partition coefficient (Wildman–Crippen LogP) is 1.29. The Bertz CT molecular complexity index is 420. The number of hydrogen-bond donors (Lipinski definition) is 1. The Morgan fingerprint density at radius 3 is 2.47 bits per heavy atom. The average Bonchev–Trinajstić information content (AvgIpc) is 3.02. The maximum absolute atomic E-state index is 9.32. The lowest BCUT2D eigenvalue weighted by atomic mass is 9.99. The van der Waals surface area contributed by atoms with Crippen molar-refractivity contribution < 1.29 is 5.11 Å². The molecule has 2 saturated heterocycles. The first kappa shape index (κ1) is 12.7. The molecule has 0 bridgehead atoms. The summed E-state index contributed by atoms with van der Waals surface area (Å²) in [6, 6.07) is 2.10. The smallest absolute Gasteiger partial charge is 0.134 e. The van der Waals surface area contributed by atoms with Crippen molar-refractivity contribution in [2.24, 2.45) is 5.92 Å². The normalized spacial score (nSPS) is 23.9. The van der Waals surface area contributed by atoms with E-state index in [0.717, 1.165) is 50.7 Å². The first-order valence-electron chi connectivity index (χ1n) is 7.29. The van der Waals surface area contributed by atoms with Crippen LogP contribution in [0.2, 0.25) is 0 Å². The molecule has 19 heavy (non-hydrogen) atoms. The van der Waals surface area contributed by atoms with Crippen molar-refractivity contribution >= 4 is 11.6 Å². The Hall–Kier alpha value is -1.36. The molecule has 2 fully saturated rings. The van der Waals surface area contributed by atoms with Crippen LogP contribution in [0, 0.1) is 5.92 Å². The molecule has 1 unspecified atom stereocenters. The van der Waals surface area contributed by atoms with Gasteiger partial charge < -0.3 is 14.9 Å². The molecular formula is C14H22N4O. The summed E-state index contributed by atoms with van der Waals surface area (Å²) in [5, 5.41) is 9.32. The molecular weight excluding hydrogens is 240 g/mol. The zero-order valence-electron chi connectivity index (χ0n) is 11.3. The highest BCUT2D eigenvalue weighted by Crippen LogP contribution is 2.25. The third-order valence-corrected chi connectivity index (χ3v) is 4.17. The van der Waals surface area contributed by atoms with Crippen LogP contribution in [0.3, 0.4) is 0 Å². The van der Waals surface area contributed by atoms with Gasteiger partial charge in [-0.3, -0.25) is 0 Å². The molecule has 1 aromatic rings. The Labute approximate surface area is 114 Å².